The van der Waals surface area contributed by atoms with E-state index in [4.69, 9.17) is 11.6 Å². The Morgan fingerprint density at radius 3 is 1.88 bits per heavy atom. The van der Waals surface area contributed by atoms with Crippen molar-refractivity contribution >= 4 is 34.9 Å². The quantitative estimate of drug-likeness (QED) is 0.632. The lowest BCUT2D eigenvalue weighted by Gasteiger charge is -2.14. The molecule has 0 atom stereocenters. The Bertz CT molecular complexity index is 925. The second kappa shape index (κ2) is 7.30. The van der Waals surface area contributed by atoms with E-state index < -0.39 is 0 Å². The lowest BCUT2D eigenvalue weighted by Crippen LogP contribution is -2.07. The maximum Gasteiger partial charge on any atom is 0.232 e. The van der Waals surface area contributed by atoms with Crippen LogP contribution in [0.5, 0.6) is 0 Å². The van der Waals surface area contributed by atoms with Crippen LogP contribution in [0.25, 0.3) is 0 Å². The maximum atomic E-state index is 6.30. The van der Waals surface area contributed by atoms with Crippen LogP contribution in [-0.4, -0.2) is 15.0 Å². The number of nitrogens with zero attached hydrogens (tertiary/aromatic N) is 3. The summed E-state index contributed by atoms with van der Waals surface area (Å²) in [6.07, 6.45) is 0. The summed E-state index contributed by atoms with van der Waals surface area (Å²) in [4.78, 5) is 13.3. The fourth-order valence-corrected chi connectivity index (χ4v) is 3.25. The molecule has 0 saturated heterocycles. The molecule has 2 N–H and O–H groups in total. The van der Waals surface area contributed by atoms with E-state index in [-0.39, 0.29) is 0 Å². The highest BCUT2D eigenvalue weighted by atomic mass is 35.5. The Labute approximate surface area is 158 Å². The van der Waals surface area contributed by atoms with Gasteiger partial charge in [-0.15, -0.1) is 0 Å². The minimum absolute atomic E-state index is 0.457. The molecule has 2 aromatic carbocycles. The molecule has 0 bridgehead atoms. The molecule has 0 spiro atoms. The number of anilines is 4. The van der Waals surface area contributed by atoms with Gasteiger partial charge in [-0.2, -0.15) is 15.0 Å². The number of benzene rings is 2. The first-order chi connectivity index (χ1) is 12.3. The van der Waals surface area contributed by atoms with Gasteiger partial charge >= 0.3 is 0 Å². The highest BCUT2D eigenvalue weighted by Gasteiger charge is 2.11. The smallest absolute Gasteiger partial charge is 0.232 e. The number of para-hydroxylation sites is 1. The summed E-state index contributed by atoms with van der Waals surface area (Å²) in [5.41, 5.74) is 6.37. The lowest BCUT2D eigenvalue weighted by molar-refractivity contribution is 0.987. The van der Waals surface area contributed by atoms with E-state index in [0.29, 0.717) is 22.7 Å². The zero-order chi connectivity index (χ0) is 18.8. The van der Waals surface area contributed by atoms with Crippen LogP contribution in [0, 0.1) is 34.6 Å². The Kier molecular flexibility index (Phi) is 5.09. The predicted octanol–water partition coefficient (Wildman–Crippen LogP) is 5.55. The number of hydrogen-bond donors (Lipinski definition) is 2. The molecular formula is C20H22ClN5. The van der Waals surface area contributed by atoms with Gasteiger partial charge in [-0.25, -0.2) is 0 Å². The van der Waals surface area contributed by atoms with Gasteiger partial charge in [-0.3, -0.25) is 0 Å². The van der Waals surface area contributed by atoms with Crippen molar-refractivity contribution in [3.63, 3.8) is 0 Å². The van der Waals surface area contributed by atoms with Gasteiger partial charge < -0.3 is 10.6 Å². The second-order valence-corrected chi connectivity index (χ2v) is 6.89. The normalized spacial score (nSPS) is 10.7. The van der Waals surface area contributed by atoms with Gasteiger partial charge in [-0.05, 0) is 57.4 Å². The third kappa shape index (κ3) is 3.94. The van der Waals surface area contributed by atoms with Crippen molar-refractivity contribution in [3.8, 4) is 0 Å². The van der Waals surface area contributed by atoms with E-state index in [0.717, 1.165) is 28.1 Å². The largest absolute Gasteiger partial charge is 0.324 e. The van der Waals surface area contributed by atoms with Gasteiger partial charge in [-0.1, -0.05) is 41.4 Å². The summed E-state index contributed by atoms with van der Waals surface area (Å²) in [5, 5.41) is 7.17. The van der Waals surface area contributed by atoms with Crippen molar-refractivity contribution < 1.29 is 0 Å². The number of rotatable bonds is 4. The Balaban J connectivity index is 1.94. The Morgan fingerprint density at radius 1 is 0.731 bits per heavy atom. The molecule has 1 aromatic heterocycles. The maximum absolute atomic E-state index is 6.30. The number of aryl methyl sites for hydroxylation is 5. The van der Waals surface area contributed by atoms with Crippen LogP contribution in [0.3, 0.4) is 0 Å². The summed E-state index contributed by atoms with van der Waals surface area (Å²) < 4.78 is 0. The summed E-state index contributed by atoms with van der Waals surface area (Å²) in [5.74, 6) is 1.58. The van der Waals surface area contributed by atoms with Gasteiger partial charge in [0.25, 0.3) is 0 Å². The molecule has 0 aliphatic carbocycles. The third-order valence-corrected chi connectivity index (χ3v) is 4.43. The SMILES string of the molecule is Cc1cc(C)c(Nc2nc(C)nc(Nc3c(C)cccc3Cl)n2)c(C)c1. The van der Waals surface area contributed by atoms with E-state index in [2.05, 4.69) is 58.5 Å². The molecule has 1 heterocycles. The molecule has 5 nitrogen and oxygen atoms in total. The standard InChI is InChI=1S/C20H22ClN5/c1-11-9-13(3)17(14(4)10-11)24-19-22-15(5)23-20(26-19)25-18-12(2)7-6-8-16(18)21/h6-10H,1-5H3,(H2,22,23,24,25,26). The highest BCUT2D eigenvalue weighted by Crippen LogP contribution is 2.28. The average molecular weight is 368 g/mol. The fourth-order valence-electron chi connectivity index (χ4n) is 2.98. The molecule has 0 saturated carbocycles. The zero-order valence-corrected chi connectivity index (χ0v) is 16.4. The van der Waals surface area contributed by atoms with E-state index >= 15 is 0 Å². The third-order valence-electron chi connectivity index (χ3n) is 4.12. The van der Waals surface area contributed by atoms with Crippen LogP contribution in [0.1, 0.15) is 28.1 Å². The lowest BCUT2D eigenvalue weighted by atomic mass is 10.1. The van der Waals surface area contributed by atoms with Crippen LogP contribution in [0.2, 0.25) is 5.02 Å². The number of hydrogen-bond acceptors (Lipinski definition) is 5. The van der Waals surface area contributed by atoms with Crippen molar-refractivity contribution in [2.45, 2.75) is 34.6 Å². The number of nitrogens with one attached hydrogen (secondary N) is 2. The minimum Gasteiger partial charge on any atom is -0.324 e. The van der Waals surface area contributed by atoms with Gasteiger partial charge in [0.2, 0.25) is 11.9 Å². The topological polar surface area (TPSA) is 62.7 Å². The van der Waals surface area contributed by atoms with E-state index in [1.807, 2.05) is 32.0 Å². The van der Waals surface area contributed by atoms with E-state index in [1.54, 1.807) is 0 Å². The molecule has 0 aliphatic rings. The Hall–Kier alpha value is -2.66. The van der Waals surface area contributed by atoms with Crippen LogP contribution in [-0.2, 0) is 0 Å². The second-order valence-electron chi connectivity index (χ2n) is 6.49. The van der Waals surface area contributed by atoms with Crippen LogP contribution >= 0.6 is 11.6 Å². The highest BCUT2D eigenvalue weighted by molar-refractivity contribution is 6.33. The first kappa shape index (κ1) is 18.1. The average Bonchev–Trinajstić information content (AvgIpc) is 2.54. The minimum atomic E-state index is 0.457. The summed E-state index contributed by atoms with van der Waals surface area (Å²) in [7, 11) is 0. The molecule has 26 heavy (non-hydrogen) atoms. The van der Waals surface area contributed by atoms with Crippen molar-refractivity contribution in [1.82, 2.24) is 15.0 Å². The van der Waals surface area contributed by atoms with Gasteiger partial charge in [0.1, 0.15) is 5.82 Å². The molecule has 6 heteroatoms. The number of aromatic nitrogens is 3. The molecular weight excluding hydrogens is 346 g/mol. The van der Waals surface area contributed by atoms with Gasteiger partial charge in [0.05, 0.1) is 10.7 Å². The monoisotopic (exact) mass is 367 g/mol. The summed E-state index contributed by atoms with van der Waals surface area (Å²) >= 11 is 6.30. The number of halogens is 1. The first-order valence-electron chi connectivity index (χ1n) is 8.43. The van der Waals surface area contributed by atoms with Crippen LogP contribution in [0.15, 0.2) is 30.3 Å². The molecule has 0 fully saturated rings. The summed E-state index contributed by atoms with van der Waals surface area (Å²) in [6, 6.07) is 10.0. The zero-order valence-electron chi connectivity index (χ0n) is 15.6. The molecule has 0 radical (unpaired) electrons. The fraction of sp³-hybridized carbons (Fsp3) is 0.250. The molecule has 0 amide bonds. The van der Waals surface area contributed by atoms with Crippen LogP contribution in [0.4, 0.5) is 23.3 Å². The van der Waals surface area contributed by atoms with Crippen molar-refractivity contribution in [2.75, 3.05) is 10.6 Å². The van der Waals surface area contributed by atoms with Crippen molar-refractivity contribution in [3.05, 3.63) is 63.4 Å². The van der Waals surface area contributed by atoms with Gasteiger partial charge in [0.15, 0.2) is 0 Å². The van der Waals surface area contributed by atoms with E-state index in [9.17, 15) is 0 Å². The van der Waals surface area contributed by atoms with Gasteiger partial charge in [0, 0.05) is 5.69 Å². The predicted molar refractivity (Wildman–Crippen MR) is 108 cm³/mol. The molecule has 0 unspecified atom stereocenters. The van der Waals surface area contributed by atoms with E-state index in [1.165, 1.54) is 5.56 Å². The molecule has 3 rings (SSSR count). The molecule has 0 aliphatic heterocycles. The van der Waals surface area contributed by atoms with Crippen LogP contribution < -0.4 is 10.6 Å². The van der Waals surface area contributed by atoms with Crippen molar-refractivity contribution in [1.29, 1.82) is 0 Å². The summed E-state index contributed by atoms with van der Waals surface area (Å²) in [6.45, 7) is 10.1. The first-order valence-corrected chi connectivity index (χ1v) is 8.81. The molecule has 3 aromatic rings. The van der Waals surface area contributed by atoms with Crippen molar-refractivity contribution in [2.24, 2.45) is 0 Å². The molecule has 134 valence electrons. The Morgan fingerprint density at radius 2 is 1.31 bits per heavy atom.